The number of aliphatic hydroxyl groups excluding tert-OH is 1. The Bertz CT molecular complexity index is 391. The molecule has 1 aliphatic rings. The van der Waals surface area contributed by atoms with Gasteiger partial charge in [-0.1, -0.05) is 19.8 Å². The molecule has 1 fully saturated rings. The van der Waals surface area contributed by atoms with E-state index in [-0.39, 0.29) is 0 Å². The molecule has 1 aromatic heterocycles. The SMILES string of the molecule is Cc1ccc(CNCC(O)COC2CCCC(C)C2)o1. The summed E-state index contributed by atoms with van der Waals surface area (Å²) in [7, 11) is 0. The average Bonchev–Trinajstić information content (AvgIpc) is 2.82. The normalized spacial score (nSPS) is 24.8. The van der Waals surface area contributed by atoms with Crippen molar-refractivity contribution in [2.45, 2.75) is 58.3 Å². The smallest absolute Gasteiger partial charge is 0.117 e. The Balaban J connectivity index is 1.57. The van der Waals surface area contributed by atoms with E-state index >= 15 is 0 Å². The minimum absolute atomic E-state index is 0.334. The van der Waals surface area contributed by atoms with Gasteiger partial charge in [-0.15, -0.1) is 0 Å². The zero-order valence-electron chi connectivity index (χ0n) is 12.6. The molecule has 4 heteroatoms. The van der Waals surface area contributed by atoms with Crippen molar-refractivity contribution in [3.63, 3.8) is 0 Å². The van der Waals surface area contributed by atoms with Gasteiger partial charge in [-0.05, 0) is 37.8 Å². The number of hydrogen-bond donors (Lipinski definition) is 2. The number of hydrogen-bond acceptors (Lipinski definition) is 4. The fraction of sp³-hybridized carbons (Fsp3) is 0.750. The van der Waals surface area contributed by atoms with Crippen LogP contribution in [0.15, 0.2) is 16.5 Å². The molecule has 0 saturated heterocycles. The summed E-state index contributed by atoms with van der Waals surface area (Å²) in [5, 5.41) is 13.1. The second-order valence-corrected chi connectivity index (χ2v) is 6.02. The molecule has 1 aromatic rings. The minimum atomic E-state index is -0.455. The number of aliphatic hydroxyl groups is 1. The van der Waals surface area contributed by atoms with Crippen LogP contribution in [0.4, 0.5) is 0 Å². The largest absolute Gasteiger partial charge is 0.465 e. The Morgan fingerprint density at radius 1 is 1.45 bits per heavy atom. The Labute approximate surface area is 121 Å². The van der Waals surface area contributed by atoms with Gasteiger partial charge in [0.2, 0.25) is 0 Å². The van der Waals surface area contributed by atoms with Crippen LogP contribution in [0.3, 0.4) is 0 Å². The van der Waals surface area contributed by atoms with Gasteiger partial charge in [0.05, 0.1) is 25.4 Å². The summed E-state index contributed by atoms with van der Waals surface area (Å²) in [6, 6.07) is 3.90. The molecule has 0 radical (unpaired) electrons. The fourth-order valence-corrected chi connectivity index (χ4v) is 2.78. The molecule has 0 bridgehead atoms. The van der Waals surface area contributed by atoms with Gasteiger partial charge in [0.1, 0.15) is 11.5 Å². The second-order valence-electron chi connectivity index (χ2n) is 6.02. The van der Waals surface area contributed by atoms with Crippen LogP contribution in [0.2, 0.25) is 0 Å². The van der Waals surface area contributed by atoms with Crippen LogP contribution in [0.1, 0.15) is 44.1 Å². The predicted octanol–water partition coefficient (Wildman–Crippen LogP) is 2.63. The van der Waals surface area contributed by atoms with Gasteiger partial charge < -0.3 is 19.6 Å². The molecule has 3 unspecified atom stereocenters. The monoisotopic (exact) mass is 281 g/mol. The van der Waals surface area contributed by atoms with Crippen LogP contribution >= 0.6 is 0 Å². The minimum Gasteiger partial charge on any atom is -0.465 e. The zero-order chi connectivity index (χ0) is 14.4. The topological polar surface area (TPSA) is 54.6 Å². The van der Waals surface area contributed by atoms with E-state index in [0.717, 1.165) is 30.3 Å². The van der Waals surface area contributed by atoms with Crippen molar-refractivity contribution in [3.05, 3.63) is 23.7 Å². The van der Waals surface area contributed by atoms with Crippen LogP contribution in [0.5, 0.6) is 0 Å². The van der Waals surface area contributed by atoms with E-state index in [0.29, 0.717) is 25.8 Å². The van der Waals surface area contributed by atoms with Gasteiger partial charge in [-0.2, -0.15) is 0 Å². The summed E-state index contributed by atoms with van der Waals surface area (Å²) in [4.78, 5) is 0. The van der Waals surface area contributed by atoms with Crippen molar-refractivity contribution in [3.8, 4) is 0 Å². The molecule has 20 heavy (non-hydrogen) atoms. The van der Waals surface area contributed by atoms with Crippen LogP contribution in [-0.4, -0.2) is 30.5 Å². The predicted molar refractivity (Wildman–Crippen MR) is 78.5 cm³/mol. The van der Waals surface area contributed by atoms with Gasteiger partial charge in [0.25, 0.3) is 0 Å². The quantitative estimate of drug-likeness (QED) is 0.806. The molecule has 4 nitrogen and oxygen atoms in total. The molecule has 0 aliphatic heterocycles. The highest BCUT2D eigenvalue weighted by molar-refractivity contribution is 5.05. The molecule has 2 rings (SSSR count). The third-order valence-corrected chi connectivity index (χ3v) is 3.89. The molecule has 2 N–H and O–H groups in total. The Kier molecular flexibility index (Phi) is 6.07. The molecular weight excluding hydrogens is 254 g/mol. The van der Waals surface area contributed by atoms with E-state index in [1.54, 1.807) is 0 Å². The van der Waals surface area contributed by atoms with Gasteiger partial charge in [-0.25, -0.2) is 0 Å². The lowest BCUT2D eigenvalue weighted by Crippen LogP contribution is -2.32. The van der Waals surface area contributed by atoms with Crippen LogP contribution in [-0.2, 0) is 11.3 Å². The summed E-state index contributed by atoms with van der Waals surface area (Å²) in [6.07, 6.45) is 4.71. The second kappa shape index (κ2) is 7.81. The van der Waals surface area contributed by atoms with Crippen LogP contribution in [0.25, 0.3) is 0 Å². The fourth-order valence-electron chi connectivity index (χ4n) is 2.78. The first-order chi connectivity index (χ1) is 9.63. The first kappa shape index (κ1) is 15.5. The Morgan fingerprint density at radius 2 is 2.30 bits per heavy atom. The molecule has 114 valence electrons. The molecule has 1 heterocycles. The summed E-state index contributed by atoms with van der Waals surface area (Å²) < 4.78 is 11.3. The molecule has 0 aromatic carbocycles. The van der Waals surface area contributed by atoms with E-state index in [1.807, 2.05) is 19.1 Å². The third-order valence-electron chi connectivity index (χ3n) is 3.89. The third kappa shape index (κ3) is 5.27. The molecule has 0 amide bonds. The maximum absolute atomic E-state index is 9.91. The number of rotatable bonds is 7. The molecule has 3 atom stereocenters. The van der Waals surface area contributed by atoms with Crippen LogP contribution < -0.4 is 5.32 Å². The summed E-state index contributed by atoms with van der Waals surface area (Å²) in [5.41, 5.74) is 0. The lowest BCUT2D eigenvalue weighted by atomic mass is 9.89. The van der Waals surface area contributed by atoms with Crippen molar-refractivity contribution in [1.82, 2.24) is 5.32 Å². The van der Waals surface area contributed by atoms with Gasteiger partial charge in [-0.3, -0.25) is 0 Å². The first-order valence-corrected chi connectivity index (χ1v) is 7.69. The molecule has 1 saturated carbocycles. The van der Waals surface area contributed by atoms with E-state index < -0.39 is 6.10 Å². The lowest BCUT2D eigenvalue weighted by Gasteiger charge is -2.27. The zero-order valence-corrected chi connectivity index (χ0v) is 12.6. The standard InChI is InChI=1S/C16H27NO3/c1-12-4-3-5-15(8-12)19-11-14(18)9-17-10-16-7-6-13(2)20-16/h6-7,12,14-15,17-18H,3-5,8-11H2,1-2H3. The van der Waals surface area contributed by atoms with Gasteiger partial charge in [0.15, 0.2) is 0 Å². The van der Waals surface area contributed by atoms with Crippen molar-refractivity contribution >= 4 is 0 Å². The van der Waals surface area contributed by atoms with Gasteiger partial charge in [0, 0.05) is 6.54 Å². The highest BCUT2D eigenvalue weighted by atomic mass is 16.5. The van der Waals surface area contributed by atoms with E-state index in [2.05, 4.69) is 12.2 Å². The van der Waals surface area contributed by atoms with Crippen molar-refractivity contribution < 1.29 is 14.3 Å². The van der Waals surface area contributed by atoms with Crippen molar-refractivity contribution in [2.24, 2.45) is 5.92 Å². The van der Waals surface area contributed by atoms with Crippen molar-refractivity contribution in [2.75, 3.05) is 13.2 Å². The number of aryl methyl sites for hydroxylation is 1. The molecule has 0 spiro atoms. The summed E-state index contributed by atoms with van der Waals surface area (Å²) in [5.74, 6) is 2.57. The van der Waals surface area contributed by atoms with E-state index in [9.17, 15) is 5.11 Å². The van der Waals surface area contributed by atoms with E-state index in [4.69, 9.17) is 9.15 Å². The Morgan fingerprint density at radius 3 is 3.00 bits per heavy atom. The highest BCUT2D eigenvalue weighted by Crippen LogP contribution is 2.25. The lowest BCUT2D eigenvalue weighted by molar-refractivity contribution is -0.0307. The van der Waals surface area contributed by atoms with E-state index in [1.165, 1.54) is 12.8 Å². The summed E-state index contributed by atoms with van der Waals surface area (Å²) in [6.45, 7) is 5.80. The Hall–Kier alpha value is -0.840. The average molecular weight is 281 g/mol. The van der Waals surface area contributed by atoms with Crippen molar-refractivity contribution in [1.29, 1.82) is 0 Å². The number of nitrogens with one attached hydrogen (secondary N) is 1. The maximum Gasteiger partial charge on any atom is 0.117 e. The summed E-state index contributed by atoms with van der Waals surface area (Å²) >= 11 is 0. The molecule has 1 aliphatic carbocycles. The highest BCUT2D eigenvalue weighted by Gasteiger charge is 2.20. The first-order valence-electron chi connectivity index (χ1n) is 7.69. The molecular formula is C16H27NO3. The van der Waals surface area contributed by atoms with Crippen LogP contribution in [0, 0.1) is 12.8 Å². The number of furan rings is 1. The number of ether oxygens (including phenoxy) is 1. The van der Waals surface area contributed by atoms with Gasteiger partial charge >= 0.3 is 0 Å². The maximum atomic E-state index is 9.91.